The molecule has 0 bridgehead atoms. The Labute approximate surface area is 119 Å². The van der Waals surface area contributed by atoms with Crippen LogP contribution in [0.25, 0.3) is 0 Å². The van der Waals surface area contributed by atoms with E-state index in [0.29, 0.717) is 6.61 Å². The molecular weight excluding hydrogens is 262 g/mol. The summed E-state index contributed by atoms with van der Waals surface area (Å²) in [5, 5.41) is 5.11. The Balaban J connectivity index is 2.53. The van der Waals surface area contributed by atoms with Gasteiger partial charge < -0.3 is 9.64 Å². The third-order valence-electron chi connectivity index (χ3n) is 2.94. The van der Waals surface area contributed by atoms with E-state index in [2.05, 4.69) is 29.0 Å². The van der Waals surface area contributed by atoms with Gasteiger partial charge in [-0.3, -0.25) is 5.32 Å². The molecule has 108 valence electrons. The molecule has 0 aromatic carbocycles. The largest absolute Gasteiger partial charge is 0.465 e. The highest BCUT2D eigenvalue weighted by atomic mass is 32.1. The third-order valence-corrected chi connectivity index (χ3v) is 3.55. The Hall–Kier alpha value is -0.980. The highest BCUT2D eigenvalue weighted by Gasteiger charge is 2.23. The normalized spacial score (nSPS) is 12.6. The van der Waals surface area contributed by atoms with Gasteiger partial charge in [-0.1, -0.05) is 13.8 Å². The van der Waals surface area contributed by atoms with Gasteiger partial charge in [-0.15, -0.1) is 11.3 Å². The first-order valence-corrected chi connectivity index (χ1v) is 7.67. The quantitative estimate of drug-likeness (QED) is 0.700. The maximum atomic E-state index is 11.9. The monoisotopic (exact) mass is 285 g/mol. The van der Waals surface area contributed by atoms with Gasteiger partial charge >= 0.3 is 5.97 Å². The van der Waals surface area contributed by atoms with Crippen molar-refractivity contribution in [3.8, 4) is 0 Å². The molecular formula is C13H23N3O2S. The molecule has 6 heteroatoms. The lowest BCUT2D eigenvalue weighted by Gasteiger charge is -2.20. The molecule has 0 saturated carbocycles. The van der Waals surface area contributed by atoms with Gasteiger partial charge in [0.2, 0.25) is 0 Å². The molecule has 5 nitrogen and oxygen atoms in total. The van der Waals surface area contributed by atoms with E-state index < -0.39 is 6.04 Å². The number of carbonyl (C=O) groups excluding carboxylic acids is 1. The molecule has 0 aliphatic carbocycles. The number of esters is 1. The van der Waals surface area contributed by atoms with E-state index in [-0.39, 0.29) is 5.97 Å². The number of hydrogen-bond acceptors (Lipinski definition) is 6. The molecule has 0 amide bonds. The molecule has 0 spiro atoms. The van der Waals surface area contributed by atoms with Crippen molar-refractivity contribution in [3.63, 3.8) is 0 Å². The molecule has 1 atom stereocenters. The van der Waals surface area contributed by atoms with Crippen LogP contribution in [0.3, 0.4) is 0 Å². The van der Waals surface area contributed by atoms with Crippen LogP contribution >= 0.6 is 11.3 Å². The van der Waals surface area contributed by atoms with Crippen molar-refractivity contribution in [1.82, 2.24) is 15.2 Å². The van der Waals surface area contributed by atoms with Crippen LogP contribution in [-0.4, -0.2) is 48.6 Å². The summed E-state index contributed by atoms with van der Waals surface area (Å²) in [5.41, 5.74) is 2.47. The molecule has 1 rings (SSSR count). The van der Waals surface area contributed by atoms with Crippen molar-refractivity contribution in [2.75, 3.05) is 32.8 Å². The van der Waals surface area contributed by atoms with E-state index in [1.54, 1.807) is 5.51 Å². The van der Waals surface area contributed by atoms with Crippen LogP contribution in [0.1, 0.15) is 32.5 Å². The number of aromatic nitrogens is 1. The van der Waals surface area contributed by atoms with Crippen LogP contribution in [0.4, 0.5) is 0 Å². The summed E-state index contributed by atoms with van der Waals surface area (Å²) in [7, 11) is 0. The number of thiazole rings is 1. The summed E-state index contributed by atoms with van der Waals surface area (Å²) in [5.74, 6) is -0.257. The van der Waals surface area contributed by atoms with Gasteiger partial charge in [-0.05, 0) is 20.0 Å². The number of ether oxygens (including phenoxy) is 1. The molecule has 0 fully saturated rings. The average Bonchev–Trinajstić information content (AvgIpc) is 2.93. The van der Waals surface area contributed by atoms with E-state index in [1.807, 2.05) is 12.3 Å². The van der Waals surface area contributed by atoms with Crippen molar-refractivity contribution >= 4 is 17.3 Å². The minimum absolute atomic E-state index is 0.257. The number of hydrogen-bond donors (Lipinski definition) is 1. The van der Waals surface area contributed by atoms with Crippen molar-refractivity contribution in [3.05, 3.63) is 16.6 Å². The van der Waals surface area contributed by atoms with Gasteiger partial charge in [-0.25, -0.2) is 9.78 Å². The topological polar surface area (TPSA) is 54.5 Å². The van der Waals surface area contributed by atoms with Gasteiger partial charge in [0.1, 0.15) is 6.04 Å². The molecule has 0 radical (unpaired) electrons. The smallest absolute Gasteiger partial charge is 0.329 e. The van der Waals surface area contributed by atoms with Crippen LogP contribution in [0.15, 0.2) is 10.9 Å². The summed E-state index contributed by atoms with van der Waals surface area (Å²) in [6.07, 6.45) is 0. The van der Waals surface area contributed by atoms with Crippen LogP contribution in [-0.2, 0) is 9.53 Å². The zero-order chi connectivity index (χ0) is 14.1. The van der Waals surface area contributed by atoms with Crippen molar-refractivity contribution in [2.45, 2.75) is 26.8 Å². The lowest BCUT2D eigenvalue weighted by molar-refractivity contribution is -0.146. The van der Waals surface area contributed by atoms with E-state index in [4.69, 9.17) is 4.74 Å². The molecule has 1 N–H and O–H groups in total. The zero-order valence-corrected chi connectivity index (χ0v) is 12.7. The zero-order valence-electron chi connectivity index (χ0n) is 11.9. The second-order valence-corrected chi connectivity index (χ2v) is 4.80. The lowest BCUT2D eigenvalue weighted by Crippen LogP contribution is -2.37. The fourth-order valence-corrected chi connectivity index (χ4v) is 2.39. The SMILES string of the molecule is CCOC(=O)C(NCCN(CC)CC)c1cscn1. The Morgan fingerprint density at radius 2 is 2.21 bits per heavy atom. The maximum absolute atomic E-state index is 11.9. The molecule has 0 aliphatic rings. The summed E-state index contributed by atoms with van der Waals surface area (Å²) in [4.78, 5) is 18.4. The predicted molar refractivity (Wildman–Crippen MR) is 77.3 cm³/mol. The fraction of sp³-hybridized carbons (Fsp3) is 0.692. The fourth-order valence-electron chi connectivity index (χ4n) is 1.81. The molecule has 0 aliphatic heterocycles. The van der Waals surface area contributed by atoms with Crippen molar-refractivity contribution in [2.24, 2.45) is 0 Å². The molecule has 0 saturated heterocycles. The van der Waals surface area contributed by atoms with Gasteiger partial charge in [0.15, 0.2) is 0 Å². The van der Waals surface area contributed by atoms with Gasteiger partial charge in [0.05, 0.1) is 17.8 Å². The molecule has 1 aromatic heterocycles. The van der Waals surface area contributed by atoms with Crippen molar-refractivity contribution < 1.29 is 9.53 Å². The second kappa shape index (κ2) is 9.01. The maximum Gasteiger partial charge on any atom is 0.329 e. The third kappa shape index (κ3) is 5.26. The van der Waals surface area contributed by atoms with Crippen LogP contribution in [0.5, 0.6) is 0 Å². The first-order chi connectivity index (χ1) is 9.22. The number of nitrogens with one attached hydrogen (secondary N) is 1. The van der Waals surface area contributed by atoms with E-state index >= 15 is 0 Å². The Kier molecular flexibility index (Phi) is 7.62. The number of carbonyl (C=O) groups is 1. The van der Waals surface area contributed by atoms with Gasteiger partial charge in [0.25, 0.3) is 0 Å². The summed E-state index contributed by atoms with van der Waals surface area (Å²) in [6.45, 7) is 10.1. The Bertz CT molecular complexity index is 353. The first-order valence-electron chi connectivity index (χ1n) is 6.73. The summed E-state index contributed by atoms with van der Waals surface area (Å²) < 4.78 is 5.09. The van der Waals surface area contributed by atoms with Gasteiger partial charge in [0, 0.05) is 18.5 Å². The Morgan fingerprint density at radius 1 is 1.47 bits per heavy atom. The van der Waals surface area contributed by atoms with E-state index in [0.717, 1.165) is 31.9 Å². The molecule has 1 unspecified atom stereocenters. The second-order valence-electron chi connectivity index (χ2n) is 4.08. The number of likely N-dealkylation sites (N-methyl/N-ethyl adjacent to an activating group) is 1. The van der Waals surface area contributed by atoms with Crippen LogP contribution < -0.4 is 5.32 Å². The van der Waals surface area contributed by atoms with Crippen LogP contribution in [0, 0.1) is 0 Å². The lowest BCUT2D eigenvalue weighted by atomic mass is 10.2. The molecule has 1 heterocycles. The summed E-state index contributed by atoms with van der Waals surface area (Å²) in [6, 6.07) is -0.457. The number of rotatable bonds is 9. The Morgan fingerprint density at radius 3 is 2.74 bits per heavy atom. The molecule has 1 aromatic rings. The van der Waals surface area contributed by atoms with E-state index in [1.165, 1.54) is 11.3 Å². The highest BCUT2D eigenvalue weighted by molar-refractivity contribution is 7.07. The minimum atomic E-state index is -0.457. The number of nitrogens with zero attached hydrogens (tertiary/aromatic N) is 2. The standard InChI is InChI=1S/C13H23N3O2S/c1-4-16(5-2)8-7-14-12(13(17)18-6-3)11-9-19-10-15-11/h9-10,12,14H,4-8H2,1-3H3. The predicted octanol–water partition coefficient (Wildman–Crippen LogP) is 1.68. The summed E-state index contributed by atoms with van der Waals surface area (Å²) >= 11 is 1.48. The van der Waals surface area contributed by atoms with Crippen LogP contribution in [0.2, 0.25) is 0 Å². The average molecular weight is 285 g/mol. The van der Waals surface area contributed by atoms with Crippen molar-refractivity contribution in [1.29, 1.82) is 0 Å². The van der Waals surface area contributed by atoms with E-state index in [9.17, 15) is 4.79 Å². The molecule has 19 heavy (non-hydrogen) atoms. The van der Waals surface area contributed by atoms with Gasteiger partial charge in [-0.2, -0.15) is 0 Å². The minimum Gasteiger partial charge on any atom is -0.465 e. The first kappa shape index (κ1) is 16.1. The highest BCUT2D eigenvalue weighted by Crippen LogP contribution is 2.14.